The first-order chi connectivity index (χ1) is 14.7. The summed E-state index contributed by atoms with van der Waals surface area (Å²) in [7, 11) is 0. The summed E-state index contributed by atoms with van der Waals surface area (Å²) < 4.78 is 0.631. The van der Waals surface area contributed by atoms with Crippen LogP contribution in [0.4, 0.5) is 5.13 Å². The summed E-state index contributed by atoms with van der Waals surface area (Å²) in [6, 6.07) is 23.2. The Kier molecular flexibility index (Phi) is 6.32. The minimum atomic E-state index is -0.279. The van der Waals surface area contributed by atoms with E-state index in [0.29, 0.717) is 15.0 Å². The van der Waals surface area contributed by atoms with E-state index in [2.05, 4.69) is 15.5 Å². The Labute approximate surface area is 181 Å². The maximum atomic E-state index is 12.5. The van der Waals surface area contributed by atoms with E-state index in [1.54, 1.807) is 6.08 Å². The maximum absolute atomic E-state index is 12.5. The highest BCUT2D eigenvalue weighted by atomic mass is 32.2. The van der Waals surface area contributed by atoms with Gasteiger partial charge < -0.3 is 0 Å². The highest BCUT2D eigenvalue weighted by molar-refractivity contribution is 8.01. The van der Waals surface area contributed by atoms with Crippen LogP contribution in [0.15, 0.2) is 83.2 Å². The fourth-order valence-corrected chi connectivity index (χ4v) is 4.42. The SMILES string of the molecule is O=C(/C=C/c1ccccc1)Nc1nnc(SCC(=O)c2ccc3ccccc3c2)s1. The molecule has 148 valence electrons. The van der Waals surface area contributed by atoms with Gasteiger partial charge in [0, 0.05) is 11.6 Å². The molecule has 4 aromatic rings. The number of aromatic nitrogens is 2. The number of Topliss-reactive ketones (excluding diaryl/α,β-unsaturated/α-hetero) is 1. The van der Waals surface area contributed by atoms with Gasteiger partial charge in [-0.3, -0.25) is 14.9 Å². The Morgan fingerprint density at radius 1 is 0.933 bits per heavy atom. The predicted octanol–water partition coefficient (Wildman–Crippen LogP) is 5.32. The van der Waals surface area contributed by atoms with E-state index in [0.717, 1.165) is 16.3 Å². The topological polar surface area (TPSA) is 72.0 Å². The number of fused-ring (bicyclic) bond motifs is 1. The summed E-state index contributed by atoms with van der Waals surface area (Å²) in [5, 5.41) is 13.3. The molecule has 0 aliphatic rings. The van der Waals surface area contributed by atoms with Crippen molar-refractivity contribution < 1.29 is 9.59 Å². The first-order valence-electron chi connectivity index (χ1n) is 9.20. The van der Waals surface area contributed by atoms with Crippen LogP contribution in [-0.4, -0.2) is 27.6 Å². The van der Waals surface area contributed by atoms with Gasteiger partial charge in [0.2, 0.25) is 11.0 Å². The number of nitrogens with one attached hydrogen (secondary N) is 1. The number of hydrogen-bond donors (Lipinski definition) is 1. The molecule has 0 saturated carbocycles. The summed E-state index contributed by atoms with van der Waals surface area (Å²) in [6.07, 6.45) is 3.18. The molecule has 0 fully saturated rings. The lowest BCUT2D eigenvalue weighted by Gasteiger charge is -2.02. The number of benzene rings is 3. The summed E-state index contributed by atoms with van der Waals surface area (Å²) in [5.74, 6) is 0.00517. The van der Waals surface area contributed by atoms with E-state index < -0.39 is 0 Å². The van der Waals surface area contributed by atoms with Crippen LogP contribution in [0.25, 0.3) is 16.8 Å². The lowest BCUT2D eigenvalue weighted by atomic mass is 10.1. The monoisotopic (exact) mass is 431 g/mol. The molecule has 0 spiro atoms. The number of anilines is 1. The molecule has 7 heteroatoms. The van der Waals surface area contributed by atoms with Gasteiger partial charge in [0.25, 0.3) is 0 Å². The van der Waals surface area contributed by atoms with Crippen LogP contribution < -0.4 is 5.32 Å². The van der Waals surface area contributed by atoms with Crippen molar-refractivity contribution in [3.63, 3.8) is 0 Å². The molecule has 1 amide bonds. The average molecular weight is 432 g/mol. The molecule has 4 rings (SSSR count). The van der Waals surface area contributed by atoms with Gasteiger partial charge in [-0.2, -0.15) is 0 Å². The smallest absolute Gasteiger partial charge is 0.250 e. The molecule has 30 heavy (non-hydrogen) atoms. The fraction of sp³-hybridized carbons (Fsp3) is 0.0435. The number of amides is 1. The second-order valence-electron chi connectivity index (χ2n) is 6.38. The van der Waals surface area contributed by atoms with Crippen LogP contribution >= 0.6 is 23.1 Å². The number of nitrogens with zero attached hydrogens (tertiary/aromatic N) is 2. The fourth-order valence-electron chi connectivity index (χ4n) is 2.78. The van der Waals surface area contributed by atoms with E-state index in [4.69, 9.17) is 0 Å². The van der Waals surface area contributed by atoms with Crippen LogP contribution in [0.2, 0.25) is 0 Å². The number of carbonyl (C=O) groups excluding carboxylic acids is 2. The Morgan fingerprint density at radius 3 is 2.53 bits per heavy atom. The van der Waals surface area contributed by atoms with Crippen molar-refractivity contribution >= 4 is 56.8 Å². The van der Waals surface area contributed by atoms with Crippen LogP contribution in [0.5, 0.6) is 0 Å². The highest BCUT2D eigenvalue weighted by Gasteiger charge is 2.11. The Morgan fingerprint density at radius 2 is 1.70 bits per heavy atom. The lowest BCUT2D eigenvalue weighted by molar-refractivity contribution is -0.111. The summed E-state index contributed by atoms with van der Waals surface area (Å²) in [5.41, 5.74) is 1.61. The maximum Gasteiger partial charge on any atom is 0.250 e. The van der Waals surface area contributed by atoms with Gasteiger partial charge in [-0.1, -0.05) is 89.8 Å². The molecule has 0 radical (unpaired) electrons. The van der Waals surface area contributed by atoms with Crippen molar-refractivity contribution in [1.82, 2.24) is 10.2 Å². The largest absolute Gasteiger partial charge is 0.297 e. The van der Waals surface area contributed by atoms with E-state index in [-0.39, 0.29) is 17.4 Å². The second kappa shape index (κ2) is 9.47. The van der Waals surface area contributed by atoms with Crippen molar-refractivity contribution in [2.24, 2.45) is 0 Å². The standard InChI is InChI=1S/C23H17N3O2S2/c27-20(19-12-11-17-8-4-5-9-18(17)14-19)15-29-23-26-25-22(30-23)24-21(28)13-10-16-6-2-1-3-7-16/h1-14H,15H2,(H,24,25,28)/b13-10+. The zero-order valence-corrected chi connectivity index (χ0v) is 17.5. The second-order valence-corrected chi connectivity index (χ2v) is 8.58. The first kappa shape index (κ1) is 20.0. The zero-order valence-electron chi connectivity index (χ0n) is 15.8. The number of rotatable bonds is 7. The van der Waals surface area contributed by atoms with E-state index >= 15 is 0 Å². The van der Waals surface area contributed by atoms with Crippen molar-refractivity contribution in [2.45, 2.75) is 4.34 Å². The number of thioether (sulfide) groups is 1. The third-order valence-corrected chi connectivity index (χ3v) is 6.23. The van der Waals surface area contributed by atoms with Gasteiger partial charge in [-0.25, -0.2) is 0 Å². The Balaban J connectivity index is 1.32. The van der Waals surface area contributed by atoms with Crippen LogP contribution in [-0.2, 0) is 4.79 Å². The van der Waals surface area contributed by atoms with Gasteiger partial charge in [0.05, 0.1) is 5.75 Å². The molecule has 0 aliphatic heterocycles. The highest BCUT2D eigenvalue weighted by Crippen LogP contribution is 2.26. The van der Waals surface area contributed by atoms with Gasteiger partial charge in [0.1, 0.15) is 0 Å². The molecule has 3 aromatic carbocycles. The van der Waals surface area contributed by atoms with Crippen LogP contribution in [0.1, 0.15) is 15.9 Å². The summed E-state index contributed by atoms with van der Waals surface area (Å²) in [6.45, 7) is 0. The number of hydrogen-bond acceptors (Lipinski definition) is 6. The van der Waals surface area contributed by atoms with Gasteiger partial charge in [-0.15, -0.1) is 10.2 Å². The summed E-state index contributed by atoms with van der Waals surface area (Å²) >= 11 is 2.56. The van der Waals surface area contributed by atoms with Crippen molar-refractivity contribution in [1.29, 1.82) is 0 Å². The van der Waals surface area contributed by atoms with E-state index in [1.807, 2.05) is 72.8 Å². The first-order valence-corrected chi connectivity index (χ1v) is 11.0. The Bertz CT molecular complexity index is 1220. The van der Waals surface area contributed by atoms with Gasteiger partial charge in [-0.05, 0) is 28.5 Å². The molecule has 0 bridgehead atoms. The van der Waals surface area contributed by atoms with Crippen LogP contribution in [0.3, 0.4) is 0 Å². The van der Waals surface area contributed by atoms with Crippen molar-refractivity contribution in [3.8, 4) is 0 Å². The number of ketones is 1. The van der Waals surface area contributed by atoms with Gasteiger partial charge >= 0.3 is 0 Å². The molecule has 1 N–H and O–H groups in total. The van der Waals surface area contributed by atoms with E-state index in [9.17, 15) is 9.59 Å². The molecule has 5 nitrogen and oxygen atoms in total. The predicted molar refractivity (Wildman–Crippen MR) is 123 cm³/mol. The average Bonchev–Trinajstić information content (AvgIpc) is 3.23. The molecule has 0 unspecified atom stereocenters. The molecular formula is C23H17N3O2S2. The van der Waals surface area contributed by atoms with Crippen molar-refractivity contribution in [3.05, 3.63) is 90.0 Å². The number of carbonyl (C=O) groups is 2. The van der Waals surface area contributed by atoms with Gasteiger partial charge in [0.15, 0.2) is 10.1 Å². The molecule has 1 heterocycles. The third kappa shape index (κ3) is 5.20. The third-order valence-electron chi connectivity index (χ3n) is 4.26. The Hall–Kier alpha value is -3.29. The molecule has 0 atom stereocenters. The normalized spacial score (nSPS) is 11.1. The quantitative estimate of drug-likeness (QED) is 0.186. The summed E-state index contributed by atoms with van der Waals surface area (Å²) in [4.78, 5) is 24.6. The molecule has 0 aliphatic carbocycles. The molecule has 0 saturated heterocycles. The van der Waals surface area contributed by atoms with Crippen LogP contribution in [0, 0.1) is 0 Å². The minimum absolute atomic E-state index is 0.0253. The lowest BCUT2D eigenvalue weighted by Crippen LogP contribution is -2.07. The minimum Gasteiger partial charge on any atom is -0.297 e. The zero-order chi connectivity index (χ0) is 20.8. The molecular weight excluding hydrogens is 414 g/mol. The van der Waals surface area contributed by atoms with E-state index in [1.165, 1.54) is 29.2 Å². The van der Waals surface area contributed by atoms with Crippen molar-refractivity contribution in [2.75, 3.05) is 11.1 Å². The molecule has 1 aromatic heterocycles.